The van der Waals surface area contributed by atoms with E-state index >= 15 is 0 Å². The standard InChI is InChI=1S/C13H12N4S/c1-9-3-4-15-12(5-9)16-7-11(6-14)13-17-10(2)8-18-13/h3-5,7-8H,1-2H3,(H,15,16)/b11-7+. The minimum Gasteiger partial charge on any atom is -0.345 e. The van der Waals surface area contributed by atoms with Gasteiger partial charge in [0.2, 0.25) is 0 Å². The van der Waals surface area contributed by atoms with Crippen molar-refractivity contribution in [3.8, 4) is 6.07 Å². The Labute approximate surface area is 110 Å². The zero-order chi connectivity index (χ0) is 13.0. The number of hydrogen-bond donors (Lipinski definition) is 1. The molecule has 0 bridgehead atoms. The number of nitriles is 1. The van der Waals surface area contributed by atoms with Gasteiger partial charge in [0.1, 0.15) is 22.5 Å². The van der Waals surface area contributed by atoms with Crippen LogP contribution in [0.25, 0.3) is 5.57 Å². The Hall–Kier alpha value is -2.19. The van der Waals surface area contributed by atoms with E-state index < -0.39 is 0 Å². The van der Waals surface area contributed by atoms with Crippen molar-refractivity contribution in [3.05, 3.63) is 46.2 Å². The zero-order valence-corrected chi connectivity index (χ0v) is 11.0. The van der Waals surface area contributed by atoms with Gasteiger partial charge in [-0.1, -0.05) is 0 Å². The minimum absolute atomic E-state index is 0.511. The van der Waals surface area contributed by atoms with Crippen molar-refractivity contribution in [3.63, 3.8) is 0 Å². The van der Waals surface area contributed by atoms with Crippen LogP contribution in [-0.2, 0) is 0 Å². The van der Waals surface area contributed by atoms with Crippen LogP contribution in [0.4, 0.5) is 5.82 Å². The summed E-state index contributed by atoms with van der Waals surface area (Å²) in [5.41, 5.74) is 2.55. The van der Waals surface area contributed by atoms with Crippen LogP contribution < -0.4 is 5.32 Å². The average Bonchev–Trinajstić information content (AvgIpc) is 2.77. The lowest BCUT2D eigenvalue weighted by Gasteiger charge is -2.01. The summed E-state index contributed by atoms with van der Waals surface area (Å²) >= 11 is 1.46. The van der Waals surface area contributed by atoms with Gasteiger partial charge in [-0.2, -0.15) is 5.26 Å². The summed E-state index contributed by atoms with van der Waals surface area (Å²) in [6.07, 6.45) is 3.37. The monoisotopic (exact) mass is 256 g/mol. The molecule has 0 saturated carbocycles. The maximum Gasteiger partial charge on any atom is 0.135 e. The fourth-order valence-electron chi connectivity index (χ4n) is 1.38. The van der Waals surface area contributed by atoms with Crippen LogP contribution in [0.1, 0.15) is 16.3 Å². The van der Waals surface area contributed by atoms with E-state index in [2.05, 4.69) is 21.4 Å². The summed E-state index contributed by atoms with van der Waals surface area (Å²) in [5.74, 6) is 0.719. The molecule has 0 aliphatic rings. The largest absolute Gasteiger partial charge is 0.345 e. The van der Waals surface area contributed by atoms with E-state index in [0.717, 1.165) is 22.1 Å². The van der Waals surface area contributed by atoms with E-state index in [1.165, 1.54) is 11.3 Å². The SMILES string of the molecule is Cc1ccnc(N/C=C(\C#N)c2nc(C)cs2)c1. The predicted octanol–water partition coefficient (Wildman–Crippen LogP) is 3.13. The van der Waals surface area contributed by atoms with E-state index in [9.17, 15) is 0 Å². The molecular weight excluding hydrogens is 244 g/mol. The van der Waals surface area contributed by atoms with Gasteiger partial charge in [-0.05, 0) is 31.5 Å². The Kier molecular flexibility index (Phi) is 3.70. The molecule has 0 amide bonds. The number of anilines is 1. The molecule has 4 nitrogen and oxygen atoms in total. The number of allylic oxidation sites excluding steroid dienone is 1. The van der Waals surface area contributed by atoms with Crippen LogP contribution in [-0.4, -0.2) is 9.97 Å². The molecule has 0 unspecified atom stereocenters. The molecule has 2 aromatic heterocycles. The molecule has 0 aromatic carbocycles. The molecular formula is C13H12N4S. The molecule has 5 heteroatoms. The van der Waals surface area contributed by atoms with Crippen molar-refractivity contribution < 1.29 is 0 Å². The first-order valence-corrected chi connectivity index (χ1v) is 6.29. The maximum absolute atomic E-state index is 9.11. The second-order valence-electron chi connectivity index (χ2n) is 3.83. The normalized spacial score (nSPS) is 11.1. The van der Waals surface area contributed by atoms with Crippen LogP contribution in [0.2, 0.25) is 0 Å². The third kappa shape index (κ3) is 2.93. The zero-order valence-electron chi connectivity index (χ0n) is 10.1. The van der Waals surface area contributed by atoms with Crippen molar-refractivity contribution in [2.75, 3.05) is 5.32 Å². The van der Waals surface area contributed by atoms with Crippen molar-refractivity contribution in [2.24, 2.45) is 0 Å². The number of pyridine rings is 1. The van der Waals surface area contributed by atoms with E-state index in [0.29, 0.717) is 5.57 Å². The number of thiazole rings is 1. The van der Waals surface area contributed by atoms with Crippen molar-refractivity contribution in [1.82, 2.24) is 9.97 Å². The molecule has 0 spiro atoms. The number of rotatable bonds is 3. The molecule has 0 fully saturated rings. The van der Waals surface area contributed by atoms with Gasteiger partial charge in [-0.3, -0.25) is 0 Å². The van der Waals surface area contributed by atoms with Crippen LogP contribution in [0.15, 0.2) is 29.9 Å². The highest BCUT2D eigenvalue weighted by molar-refractivity contribution is 7.10. The molecule has 0 aliphatic carbocycles. The summed E-state index contributed by atoms with van der Waals surface area (Å²) < 4.78 is 0. The van der Waals surface area contributed by atoms with E-state index in [1.54, 1.807) is 12.4 Å². The van der Waals surface area contributed by atoms with E-state index in [1.807, 2.05) is 31.4 Å². The summed E-state index contributed by atoms with van der Waals surface area (Å²) in [6, 6.07) is 5.97. The molecule has 1 N–H and O–H groups in total. The number of hydrogen-bond acceptors (Lipinski definition) is 5. The molecule has 0 atom stereocenters. The van der Waals surface area contributed by atoms with Gasteiger partial charge >= 0.3 is 0 Å². The molecule has 2 rings (SSSR count). The first-order valence-electron chi connectivity index (χ1n) is 5.41. The molecule has 0 aliphatic heterocycles. The maximum atomic E-state index is 9.11. The smallest absolute Gasteiger partial charge is 0.135 e. The van der Waals surface area contributed by atoms with Crippen LogP contribution in [0, 0.1) is 25.2 Å². The molecule has 2 aromatic rings. The Morgan fingerprint density at radius 2 is 2.33 bits per heavy atom. The number of aryl methyl sites for hydroxylation is 2. The van der Waals surface area contributed by atoms with Gasteiger partial charge in [0.05, 0.1) is 0 Å². The van der Waals surface area contributed by atoms with Crippen molar-refractivity contribution in [1.29, 1.82) is 5.26 Å². The molecule has 18 heavy (non-hydrogen) atoms. The first-order chi connectivity index (χ1) is 8.69. The first kappa shape index (κ1) is 12.3. The Balaban J connectivity index is 2.19. The van der Waals surface area contributed by atoms with Crippen LogP contribution >= 0.6 is 11.3 Å². The third-order valence-electron chi connectivity index (χ3n) is 2.25. The van der Waals surface area contributed by atoms with Crippen molar-refractivity contribution in [2.45, 2.75) is 13.8 Å². The molecule has 0 radical (unpaired) electrons. The van der Waals surface area contributed by atoms with Gasteiger partial charge in [0.15, 0.2) is 0 Å². The summed E-state index contributed by atoms with van der Waals surface area (Å²) in [5, 5.41) is 14.8. The predicted molar refractivity (Wildman–Crippen MR) is 73.0 cm³/mol. The van der Waals surface area contributed by atoms with E-state index in [4.69, 9.17) is 5.26 Å². The highest BCUT2D eigenvalue weighted by Gasteiger charge is 2.05. The molecule has 0 saturated heterocycles. The lowest BCUT2D eigenvalue weighted by atomic mass is 10.3. The molecule has 90 valence electrons. The number of aromatic nitrogens is 2. The van der Waals surface area contributed by atoms with Crippen LogP contribution in [0.5, 0.6) is 0 Å². The summed E-state index contributed by atoms with van der Waals surface area (Å²) in [7, 11) is 0. The summed E-state index contributed by atoms with van der Waals surface area (Å²) in [4.78, 5) is 8.44. The Morgan fingerprint density at radius 3 is 2.94 bits per heavy atom. The average molecular weight is 256 g/mol. The lowest BCUT2D eigenvalue weighted by molar-refractivity contribution is 1.24. The van der Waals surface area contributed by atoms with Gasteiger partial charge in [0.25, 0.3) is 0 Å². The topological polar surface area (TPSA) is 61.6 Å². The van der Waals surface area contributed by atoms with Gasteiger partial charge in [0, 0.05) is 23.5 Å². The number of nitrogens with one attached hydrogen (secondary N) is 1. The Morgan fingerprint density at radius 1 is 1.50 bits per heavy atom. The van der Waals surface area contributed by atoms with Gasteiger partial charge in [-0.15, -0.1) is 11.3 Å². The highest BCUT2D eigenvalue weighted by Crippen LogP contribution is 2.18. The minimum atomic E-state index is 0.511. The molecule has 2 heterocycles. The quantitative estimate of drug-likeness (QED) is 0.857. The van der Waals surface area contributed by atoms with Crippen LogP contribution in [0.3, 0.4) is 0 Å². The number of nitrogens with zero attached hydrogens (tertiary/aromatic N) is 3. The fraction of sp³-hybridized carbons (Fsp3) is 0.154. The third-order valence-corrected chi connectivity index (χ3v) is 3.24. The highest BCUT2D eigenvalue weighted by atomic mass is 32.1. The summed E-state index contributed by atoms with van der Waals surface area (Å²) in [6.45, 7) is 3.90. The Bertz CT molecular complexity index is 622. The van der Waals surface area contributed by atoms with Crippen molar-refractivity contribution >= 4 is 22.7 Å². The van der Waals surface area contributed by atoms with Gasteiger partial charge < -0.3 is 5.32 Å². The fourth-order valence-corrected chi connectivity index (χ4v) is 2.14. The second-order valence-corrected chi connectivity index (χ2v) is 4.68. The van der Waals surface area contributed by atoms with E-state index in [-0.39, 0.29) is 0 Å². The van der Waals surface area contributed by atoms with Gasteiger partial charge in [-0.25, -0.2) is 9.97 Å². The second kappa shape index (κ2) is 5.43. The lowest BCUT2D eigenvalue weighted by Crippen LogP contribution is -1.93.